The lowest BCUT2D eigenvalue weighted by molar-refractivity contribution is 0.593. The number of hydrogen-bond acceptors (Lipinski definition) is 5. The molecule has 3 aromatic rings. The second-order valence-corrected chi connectivity index (χ2v) is 6.64. The van der Waals surface area contributed by atoms with Gasteiger partial charge in [-0.25, -0.2) is 8.42 Å². The number of benzene rings is 1. The van der Waals surface area contributed by atoms with Gasteiger partial charge in [0.05, 0.1) is 0 Å². The number of rotatable bonds is 2. The highest BCUT2D eigenvalue weighted by Gasteiger charge is 2.22. The molecule has 3 rings (SSSR count). The van der Waals surface area contributed by atoms with Gasteiger partial charge in [0.2, 0.25) is 0 Å². The molecule has 2 aromatic heterocycles. The topological polar surface area (TPSA) is 77.7 Å². The molecule has 0 N–H and O–H groups in total. The van der Waals surface area contributed by atoms with Gasteiger partial charge in [0.1, 0.15) is 5.69 Å². The van der Waals surface area contributed by atoms with E-state index in [4.69, 9.17) is 10.7 Å². The average Bonchev–Trinajstić information content (AvgIpc) is 2.80. The van der Waals surface area contributed by atoms with E-state index in [1.165, 1.54) is 11.6 Å². The van der Waals surface area contributed by atoms with Crippen LogP contribution in [-0.4, -0.2) is 28.2 Å². The second-order valence-electron chi connectivity index (χ2n) is 4.18. The van der Waals surface area contributed by atoms with Gasteiger partial charge in [-0.1, -0.05) is 24.3 Å². The molecule has 0 radical (unpaired) electrons. The molecule has 0 aliphatic carbocycles. The van der Waals surface area contributed by atoms with Gasteiger partial charge in [0.25, 0.3) is 14.2 Å². The van der Waals surface area contributed by atoms with Crippen molar-refractivity contribution in [3.8, 4) is 11.5 Å². The maximum absolute atomic E-state index is 11.4. The third-order valence-electron chi connectivity index (χ3n) is 2.94. The predicted molar refractivity (Wildman–Crippen MR) is 74.8 cm³/mol. The van der Waals surface area contributed by atoms with Crippen molar-refractivity contribution >= 4 is 30.5 Å². The van der Waals surface area contributed by atoms with Crippen molar-refractivity contribution in [3.63, 3.8) is 0 Å². The summed E-state index contributed by atoms with van der Waals surface area (Å²) in [7, 11) is 2.91. The summed E-state index contributed by atoms with van der Waals surface area (Å²) >= 11 is 0. The standard InChI is InChI=1S/C12H9ClN4O2S/c1-17-11(15-16-12(17)20(13,18)19)10-9-5-3-2-4-8(9)6-7-14-10/h2-7H,1H3. The monoisotopic (exact) mass is 308 g/mol. The number of aromatic nitrogens is 4. The van der Waals surface area contributed by atoms with Crippen LogP contribution in [-0.2, 0) is 16.1 Å². The van der Waals surface area contributed by atoms with E-state index in [-0.39, 0.29) is 5.16 Å². The normalized spacial score (nSPS) is 11.9. The van der Waals surface area contributed by atoms with Gasteiger partial charge < -0.3 is 0 Å². The van der Waals surface area contributed by atoms with Crippen molar-refractivity contribution in [2.45, 2.75) is 5.16 Å². The van der Waals surface area contributed by atoms with Crippen molar-refractivity contribution < 1.29 is 8.42 Å². The van der Waals surface area contributed by atoms with Crippen molar-refractivity contribution in [1.29, 1.82) is 0 Å². The first kappa shape index (κ1) is 13.0. The number of fused-ring (bicyclic) bond motifs is 1. The third-order valence-corrected chi connectivity index (χ3v) is 4.14. The summed E-state index contributed by atoms with van der Waals surface area (Å²) in [4.78, 5) is 4.27. The van der Waals surface area contributed by atoms with Crippen LogP contribution in [0.5, 0.6) is 0 Å². The molecule has 20 heavy (non-hydrogen) atoms. The molecule has 0 aliphatic heterocycles. The molecular formula is C12H9ClN4O2S. The number of nitrogens with zero attached hydrogens (tertiary/aromatic N) is 4. The van der Waals surface area contributed by atoms with Gasteiger partial charge >= 0.3 is 0 Å². The molecule has 102 valence electrons. The third kappa shape index (κ3) is 2.04. The van der Waals surface area contributed by atoms with Crippen molar-refractivity contribution in [2.75, 3.05) is 0 Å². The van der Waals surface area contributed by atoms with Crippen LogP contribution in [0.1, 0.15) is 0 Å². The summed E-state index contributed by atoms with van der Waals surface area (Å²) in [5.41, 5.74) is 0.560. The summed E-state index contributed by atoms with van der Waals surface area (Å²) in [5.74, 6) is 0.348. The Kier molecular flexibility index (Phi) is 2.95. The molecule has 0 amide bonds. The summed E-state index contributed by atoms with van der Waals surface area (Å²) in [6.45, 7) is 0. The fourth-order valence-corrected chi connectivity index (χ4v) is 2.99. The number of pyridine rings is 1. The van der Waals surface area contributed by atoms with Crippen LogP contribution in [0.15, 0.2) is 41.7 Å². The summed E-state index contributed by atoms with van der Waals surface area (Å²) in [6.07, 6.45) is 1.64. The lowest BCUT2D eigenvalue weighted by Gasteiger charge is -2.05. The molecule has 1 aromatic carbocycles. The van der Waals surface area contributed by atoms with Crippen LogP contribution < -0.4 is 0 Å². The first-order valence-corrected chi connectivity index (χ1v) is 7.97. The van der Waals surface area contributed by atoms with Crippen molar-refractivity contribution in [1.82, 2.24) is 19.7 Å². The molecule has 2 heterocycles. The number of hydrogen-bond donors (Lipinski definition) is 0. The van der Waals surface area contributed by atoms with Gasteiger partial charge in [-0.05, 0) is 11.5 Å². The fraction of sp³-hybridized carbons (Fsp3) is 0.0833. The van der Waals surface area contributed by atoms with Crippen molar-refractivity contribution in [2.24, 2.45) is 7.05 Å². The van der Waals surface area contributed by atoms with Crippen molar-refractivity contribution in [3.05, 3.63) is 36.5 Å². The van der Waals surface area contributed by atoms with E-state index in [2.05, 4.69) is 15.2 Å². The maximum atomic E-state index is 11.4. The van der Waals surface area contributed by atoms with E-state index in [9.17, 15) is 8.42 Å². The lowest BCUT2D eigenvalue weighted by Crippen LogP contribution is -2.03. The molecule has 0 saturated heterocycles. The van der Waals surface area contributed by atoms with Crippen LogP contribution in [0.3, 0.4) is 0 Å². The van der Waals surface area contributed by atoms with Crippen LogP contribution in [0.25, 0.3) is 22.3 Å². The van der Waals surface area contributed by atoms with Crippen LogP contribution in [0.4, 0.5) is 0 Å². The zero-order valence-corrected chi connectivity index (χ0v) is 11.9. The Labute approximate surface area is 119 Å². The molecule has 0 saturated carbocycles. The average molecular weight is 309 g/mol. The Morgan fingerprint density at radius 2 is 1.90 bits per heavy atom. The first-order valence-electron chi connectivity index (χ1n) is 5.66. The van der Waals surface area contributed by atoms with Gasteiger partial charge in [0, 0.05) is 29.3 Å². The smallest absolute Gasteiger partial charge is 0.296 e. The van der Waals surface area contributed by atoms with Crippen LogP contribution in [0, 0.1) is 0 Å². The Morgan fingerprint density at radius 1 is 1.15 bits per heavy atom. The Bertz CT molecular complexity index is 899. The Morgan fingerprint density at radius 3 is 2.60 bits per heavy atom. The first-order chi connectivity index (χ1) is 9.48. The Hall–Kier alpha value is -1.99. The van der Waals surface area contributed by atoms with Gasteiger partial charge in [-0.2, -0.15) is 0 Å². The highest BCUT2D eigenvalue weighted by Crippen LogP contribution is 2.26. The van der Waals surface area contributed by atoms with E-state index >= 15 is 0 Å². The molecule has 0 bridgehead atoms. The minimum Gasteiger partial charge on any atom is -0.299 e. The van der Waals surface area contributed by atoms with E-state index in [0.717, 1.165) is 10.8 Å². The minimum atomic E-state index is -3.94. The predicted octanol–water partition coefficient (Wildman–Crippen LogP) is 1.96. The van der Waals surface area contributed by atoms with Crippen LogP contribution >= 0.6 is 10.7 Å². The van der Waals surface area contributed by atoms with Gasteiger partial charge in [-0.3, -0.25) is 9.55 Å². The molecule has 0 aliphatic rings. The highest BCUT2D eigenvalue weighted by molar-refractivity contribution is 8.13. The zero-order valence-electron chi connectivity index (χ0n) is 10.4. The van der Waals surface area contributed by atoms with Gasteiger partial charge in [0.15, 0.2) is 5.82 Å². The summed E-state index contributed by atoms with van der Waals surface area (Å²) < 4.78 is 24.1. The second kappa shape index (κ2) is 4.53. The quantitative estimate of drug-likeness (QED) is 0.676. The zero-order chi connectivity index (χ0) is 14.3. The fourth-order valence-electron chi connectivity index (χ4n) is 2.03. The minimum absolute atomic E-state index is 0.302. The van der Waals surface area contributed by atoms with Crippen LogP contribution in [0.2, 0.25) is 0 Å². The van der Waals surface area contributed by atoms with E-state index in [0.29, 0.717) is 11.5 Å². The largest absolute Gasteiger partial charge is 0.299 e. The maximum Gasteiger partial charge on any atom is 0.296 e. The SMILES string of the molecule is Cn1c(-c2nccc3ccccc23)nnc1S(=O)(=O)Cl. The molecule has 8 heteroatoms. The summed E-state index contributed by atoms with van der Waals surface area (Å²) in [5, 5.41) is 9.06. The molecule has 0 atom stereocenters. The highest BCUT2D eigenvalue weighted by atomic mass is 35.7. The molecule has 0 fully saturated rings. The van der Waals surface area contributed by atoms with E-state index in [1.807, 2.05) is 30.3 Å². The molecular weight excluding hydrogens is 300 g/mol. The molecule has 6 nitrogen and oxygen atoms in total. The number of halogens is 1. The lowest BCUT2D eigenvalue weighted by atomic mass is 10.1. The van der Waals surface area contributed by atoms with E-state index in [1.54, 1.807) is 6.20 Å². The molecule has 0 spiro atoms. The van der Waals surface area contributed by atoms with E-state index < -0.39 is 9.05 Å². The van der Waals surface area contributed by atoms with Gasteiger partial charge in [-0.15, -0.1) is 10.2 Å². The Balaban J connectivity index is 2.30. The summed E-state index contributed by atoms with van der Waals surface area (Å²) in [6, 6.07) is 9.49. The molecule has 0 unspecified atom stereocenters.